The normalized spacial score (nSPS) is 12.3. The first-order valence-corrected chi connectivity index (χ1v) is 8.44. The number of hydrogen-bond acceptors (Lipinski definition) is 5. The monoisotopic (exact) mass is 441 g/mol. The van der Waals surface area contributed by atoms with Crippen molar-refractivity contribution in [2.75, 3.05) is 0 Å². The lowest BCUT2D eigenvalue weighted by Crippen LogP contribution is -2.17. The van der Waals surface area contributed by atoms with Crippen LogP contribution in [0.4, 0.5) is 26.3 Å². The van der Waals surface area contributed by atoms with E-state index < -0.39 is 30.1 Å². The SMILES string of the molecule is O=C(c1ccc(OC(F)(F)F)cc1)n1ccc2cc(-c3noc(C(F)(F)F)n3)ccc21. The third kappa shape index (κ3) is 4.22. The van der Waals surface area contributed by atoms with Crippen molar-refractivity contribution < 1.29 is 40.4 Å². The van der Waals surface area contributed by atoms with E-state index in [0.29, 0.717) is 10.9 Å². The number of aromatic nitrogens is 3. The molecule has 0 spiro atoms. The number of fused-ring (bicyclic) bond motifs is 1. The maximum Gasteiger partial charge on any atom is 0.573 e. The van der Waals surface area contributed by atoms with Crippen molar-refractivity contribution in [1.29, 1.82) is 0 Å². The molecule has 4 aromatic rings. The number of hydrogen-bond donors (Lipinski definition) is 0. The van der Waals surface area contributed by atoms with E-state index in [9.17, 15) is 31.1 Å². The fraction of sp³-hybridized carbons (Fsp3) is 0.105. The van der Waals surface area contributed by atoms with E-state index in [1.165, 1.54) is 41.1 Å². The van der Waals surface area contributed by atoms with Gasteiger partial charge in [-0.25, -0.2) is 0 Å². The van der Waals surface area contributed by atoms with Gasteiger partial charge in [-0.3, -0.25) is 9.36 Å². The number of rotatable bonds is 3. The second-order valence-corrected chi connectivity index (χ2v) is 6.26. The molecule has 2 heterocycles. The number of ether oxygens (including phenoxy) is 1. The van der Waals surface area contributed by atoms with E-state index in [0.717, 1.165) is 12.1 Å². The van der Waals surface area contributed by atoms with Crippen LogP contribution in [0.1, 0.15) is 16.2 Å². The minimum atomic E-state index is -4.85. The third-order valence-electron chi connectivity index (χ3n) is 4.17. The zero-order valence-corrected chi connectivity index (χ0v) is 15.0. The number of nitrogens with zero attached hydrogens (tertiary/aromatic N) is 3. The number of benzene rings is 2. The Bertz CT molecular complexity index is 1260. The molecular formula is C19H9F6N3O3. The van der Waals surface area contributed by atoms with E-state index in [1.54, 1.807) is 6.07 Å². The molecule has 0 aliphatic rings. The maximum atomic E-state index is 12.7. The van der Waals surface area contributed by atoms with Crippen LogP contribution in [0.5, 0.6) is 5.75 Å². The van der Waals surface area contributed by atoms with Crippen molar-refractivity contribution in [3.05, 3.63) is 66.2 Å². The van der Waals surface area contributed by atoms with E-state index in [1.807, 2.05) is 0 Å². The Labute approximate surface area is 168 Å². The summed E-state index contributed by atoms with van der Waals surface area (Å²) in [5.74, 6) is -2.74. The summed E-state index contributed by atoms with van der Waals surface area (Å²) in [5.41, 5.74) is 0.763. The van der Waals surface area contributed by atoms with E-state index in [4.69, 9.17) is 0 Å². The Morgan fingerprint density at radius 2 is 1.68 bits per heavy atom. The lowest BCUT2D eigenvalue weighted by atomic mass is 10.1. The maximum absolute atomic E-state index is 12.7. The molecule has 160 valence electrons. The Morgan fingerprint density at radius 1 is 0.968 bits per heavy atom. The van der Waals surface area contributed by atoms with Gasteiger partial charge in [-0.05, 0) is 48.5 Å². The summed E-state index contributed by atoms with van der Waals surface area (Å²) in [7, 11) is 0. The fourth-order valence-corrected chi connectivity index (χ4v) is 2.85. The molecule has 0 radical (unpaired) electrons. The molecule has 0 aliphatic carbocycles. The summed E-state index contributed by atoms with van der Waals surface area (Å²) in [4.78, 5) is 16.0. The minimum Gasteiger partial charge on any atom is -0.406 e. The molecule has 0 N–H and O–H groups in total. The standard InChI is InChI=1S/C19H9F6N3O3/c20-18(21,22)17-26-15(27-31-17)12-3-6-14-11(9-12)7-8-28(14)16(29)10-1-4-13(5-2-10)30-19(23,24)25/h1-9H. The molecule has 2 aromatic carbocycles. The fourth-order valence-electron chi connectivity index (χ4n) is 2.85. The van der Waals surface area contributed by atoms with Gasteiger partial charge in [-0.1, -0.05) is 5.16 Å². The van der Waals surface area contributed by atoms with E-state index in [-0.39, 0.29) is 17.0 Å². The van der Waals surface area contributed by atoms with Crippen molar-refractivity contribution in [3.8, 4) is 17.1 Å². The molecule has 2 aromatic heterocycles. The van der Waals surface area contributed by atoms with E-state index >= 15 is 0 Å². The Kier molecular flexibility index (Phi) is 4.71. The van der Waals surface area contributed by atoms with Gasteiger partial charge >= 0.3 is 18.4 Å². The zero-order chi connectivity index (χ0) is 22.4. The molecule has 0 unspecified atom stereocenters. The number of carbonyl (C=O) groups excluding carboxylic acids is 1. The van der Waals surface area contributed by atoms with Crippen LogP contribution in [-0.2, 0) is 6.18 Å². The van der Waals surface area contributed by atoms with Crippen LogP contribution in [0.2, 0.25) is 0 Å². The van der Waals surface area contributed by atoms with Gasteiger partial charge in [0, 0.05) is 22.7 Å². The van der Waals surface area contributed by atoms with Gasteiger partial charge in [0.25, 0.3) is 5.91 Å². The second kappa shape index (κ2) is 7.15. The molecule has 0 saturated carbocycles. The highest BCUT2D eigenvalue weighted by atomic mass is 19.4. The van der Waals surface area contributed by atoms with Crippen molar-refractivity contribution in [3.63, 3.8) is 0 Å². The Balaban J connectivity index is 1.61. The summed E-state index contributed by atoms with van der Waals surface area (Å²) in [5, 5.41) is 3.81. The molecule has 0 saturated heterocycles. The summed E-state index contributed by atoms with van der Waals surface area (Å²) >= 11 is 0. The number of alkyl halides is 6. The van der Waals surface area contributed by atoms with Crippen molar-refractivity contribution in [2.24, 2.45) is 0 Å². The van der Waals surface area contributed by atoms with Crippen LogP contribution in [-0.4, -0.2) is 27.0 Å². The van der Waals surface area contributed by atoms with Crippen LogP contribution in [0.3, 0.4) is 0 Å². The predicted molar refractivity (Wildman–Crippen MR) is 93.1 cm³/mol. The molecule has 12 heteroatoms. The molecule has 0 atom stereocenters. The van der Waals surface area contributed by atoms with E-state index in [2.05, 4.69) is 19.4 Å². The topological polar surface area (TPSA) is 70.2 Å². The van der Waals surface area contributed by atoms with Crippen LogP contribution < -0.4 is 4.74 Å². The largest absolute Gasteiger partial charge is 0.573 e. The van der Waals surface area contributed by atoms with Crippen LogP contribution in [0, 0.1) is 0 Å². The average Bonchev–Trinajstić information content (AvgIpc) is 3.33. The Morgan fingerprint density at radius 3 is 2.29 bits per heavy atom. The molecule has 0 fully saturated rings. The minimum absolute atomic E-state index is 0.101. The average molecular weight is 441 g/mol. The van der Waals surface area contributed by atoms with Gasteiger partial charge in [-0.15, -0.1) is 13.2 Å². The van der Waals surface area contributed by atoms with Gasteiger partial charge in [0.05, 0.1) is 5.52 Å². The second-order valence-electron chi connectivity index (χ2n) is 6.26. The number of carbonyl (C=O) groups is 1. The Hall–Kier alpha value is -3.83. The first kappa shape index (κ1) is 20.4. The summed E-state index contributed by atoms with van der Waals surface area (Å²) in [6, 6.07) is 10.3. The molecule has 0 aliphatic heterocycles. The van der Waals surface area contributed by atoms with Crippen molar-refractivity contribution >= 4 is 16.8 Å². The highest BCUT2D eigenvalue weighted by Crippen LogP contribution is 2.30. The smallest absolute Gasteiger partial charge is 0.406 e. The lowest BCUT2D eigenvalue weighted by molar-refractivity contribution is -0.274. The summed E-state index contributed by atoms with van der Waals surface area (Å²) in [6.45, 7) is 0. The molecule has 0 bridgehead atoms. The molecule has 6 nitrogen and oxygen atoms in total. The quantitative estimate of drug-likeness (QED) is 0.404. The van der Waals surface area contributed by atoms with Crippen LogP contribution in [0.15, 0.2) is 59.3 Å². The van der Waals surface area contributed by atoms with Crippen molar-refractivity contribution in [2.45, 2.75) is 12.5 Å². The lowest BCUT2D eigenvalue weighted by Gasteiger charge is -2.09. The number of halogens is 6. The zero-order valence-electron chi connectivity index (χ0n) is 15.0. The van der Waals surface area contributed by atoms with Gasteiger partial charge in [0.15, 0.2) is 0 Å². The van der Waals surface area contributed by atoms with Crippen LogP contribution >= 0.6 is 0 Å². The third-order valence-corrected chi connectivity index (χ3v) is 4.17. The molecule has 0 amide bonds. The van der Waals surface area contributed by atoms with Crippen molar-refractivity contribution in [1.82, 2.24) is 14.7 Å². The first-order chi connectivity index (χ1) is 14.5. The highest BCUT2D eigenvalue weighted by molar-refractivity contribution is 6.02. The predicted octanol–water partition coefficient (Wildman–Crippen LogP) is 5.30. The van der Waals surface area contributed by atoms with Gasteiger partial charge < -0.3 is 9.26 Å². The molecule has 31 heavy (non-hydrogen) atoms. The van der Waals surface area contributed by atoms with Gasteiger partial charge in [0.2, 0.25) is 5.82 Å². The summed E-state index contributed by atoms with van der Waals surface area (Å²) in [6.07, 6.45) is -8.19. The van der Waals surface area contributed by atoms with Gasteiger partial charge in [0.1, 0.15) is 5.75 Å². The first-order valence-electron chi connectivity index (χ1n) is 8.44. The summed E-state index contributed by atoms with van der Waals surface area (Å²) < 4.78 is 83.9. The van der Waals surface area contributed by atoms with Crippen LogP contribution in [0.25, 0.3) is 22.3 Å². The van der Waals surface area contributed by atoms with Gasteiger partial charge in [-0.2, -0.15) is 18.2 Å². The molecular weight excluding hydrogens is 432 g/mol. The molecule has 4 rings (SSSR count). The highest BCUT2D eigenvalue weighted by Gasteiger charge is 2.38.